The fraction of sp³-hybridized carbons (Fsp3) is 0.158. The molecular weight excluding hydrogens is 372 g/mol. The van der Waals surface area contributed by atoms with E-state index in [0.717, 1.165) is 16.7 Å². The minimum absolute atomic E-state index is 0.0530. The normalized spacial score (nSPS) is 12.6. The second-order valence-corrected chi connectivity index (χ2v) is 6.59. The number of rotatable bonds is 6. The molecule has 8 heteroatoms. The van der Waals surface area contributed by atoms with Gasteiger partial charge in [0, 0.05) is 5.38 Å². The van der Waals surface area contributed by atoms with Gasteiger partial charge in [0.25, 0.3) is 0 Å². The summed E-state index contributed by atoms with van der Waals surface area (Å²) in [7, 11) is 0. The fourth-order valence-corrected chi connectivity index (χ4v) is 3.46. The molecule has 1 atom stereocenters. The number of benzene rings is 2. The summed E-state index contributed by atoms with van der Waals surface area (Å²) in [4.78, 5) is 8.97. The molecule has 5 nitrogen and oxygen atoms in total. The Morgan fingerprint density at radius 2 is 1.89 bits per heavy atom. The van der Waals surface area contributed by atoms with Crippen molar-refractivity contribution < 1.29 is 18.6 Å². The number of alkyl halides is 2. The SMILES string of the molecule is O[C@H](Cn1c(-c2cscn2)nc2ccccc21)c1ccc(OC(F)F)cc1. The Hall–Kier alpha value is -2.84. The molecule has 1 N–H and O–H groups in total. The molecule has 27 heavy (non-hydrogen) atoms. The fourth-order valence-electron chi connectivity index (χ4n) is 2.93. The van der Waals surface area contributed by atoms with Crippen molar-refractivity contribution in [3.8, 4) is 17.3 Å². The summed E-state index contributed by atoms with van der Waals surface area (Å²) in [6, 6.07) is 13.6. The first-order valence-corrected chi connectivity index (χ1v) is 9.13. The van der Waals surface area contributed by atoms with Gasteiger partial charge in [-0.05, 0) is 29.8 Å². The largest absolute Gasteiger partial charge is 0.435 e. The van der Waals surface area contributed by atoms with Gasteiger partial charge in [0.1, 0.15) is 11.4 Å². The molecule has 0 fully saturated rings. The molecule has 0 aliphatic rings. The van der Waals surface area contributed by atoms with Crippen LogP contribution in [0, 0.1) is 0 Å². The lowest BCUT2D eigenvalue weighted by Gasteiger charge is -2.15. The number of aliphatic hydroxyl groups excluding tert-OH is 1. The van der Waals surface area contributed by atoms with Crippen LogP contribution < -0.4 is 4.74 Å². The van der Waals surface area contributed by atoms with Crippen molar-refractivity contribution in [3.05, 3.63) is 65.0 Å². The van der Waals surface area contributed by atoms with Crippen LogP contribution >= 0.6 is 11.3 Å². The second-order valence-electron chi connectivity index (χ2n) is 5.87. The van der Waals surface area contributed by atoms with Gasteiger partial charge in [-0.2, -0.15) is 8.78 Å². The second kappa shape index (κ2) is 7.42. The number of hydrogen-bond donors (Lipinski definition) is 1. The Balaban J connectivity index is 1.65. The summed E-state index contributed by atoms with van der Waals surface area (Å²) in [6.45, 7) is -2.62. The van der Waals surface area contributed by atoms with Crippen LogP contribution in [0.2, 0.25) is 0 Å². The number of aliphatic hydroxyl groups is 1. The Kier molecular flexibility index (Phi) is 4.83. The number of halogens is 2. The Labute approximate surface area is 157 Å². The Morgan fingerprint density at radius 3 is 2.59 bits per heavy atom. The van der Waals surface area contributed by atoms with Crippen LogP contribution in [0.5, 0.6) is 5.75 Å². The van der Waals surface area contributed by atoms with E-state index in [1.54, 1.807) is 17.6 Å². The van der Waals surface area contributed by atoms with E-state index < -0.39 is 12.7 Å². The van der Waals surface area contributed by atoms with Gasteiger partial charge in [0.05, 0.1) is 29.2 Å². The molecule has 4 aromatic rings. The van der Waals surface area contributed by atoms with Crippen molar-refractivity contribution in [1.29, 1.82) is 0 Å². The van der Waals surface area contributed by atoms with Gasteiger partial charge in [0.15, 0.2) is 5.82 Å². The quantitative estimate of drug-likeness (QED) is 0.529. The molecular formula is C19H15F2N3O2S. The monoisotopic (exact) mass is 387 g/mol. The lowest BCUT2D eigenvalue weighted by Crippen LogP contribution is -2.10. The molecule has 138 valence electrons. The Bertz CT molecular complexity index is 1030. The maximum Gasteiger partial charge on any atom is 0.387 e. The van der Waals surface area contributed by atoms with Gasteiger partial charge in [-0.25, -0.2) is 9.97 Å². The highest BCUT2D eigenvalue weighted by Gasteiger charge is 2.18. The molecule has 0 spiro atoms. The molecule has 2 aromatic heterocycles. The van der Waals surface area contributed by atoms with E-state index in [4.69, 9.17) is 0 Å². The lowest BCUT2D eigenvalue weighted by molar-refractivity contribution is -0.0498. The zero-order chi connectivity index (χ0) is 18.8. The van der Waals surface area contributed by atoms with Gasteiger partial charge in [-0.1, -0.05) is 24.3 Å². The summed E-state index contributed by atoms with van der Waals surface area (Å²) in [5, 5.41) is 12.6. The molecule has 2 aromatic carbocycles. The first kappa shape index (κ1) is 17.6. The van der Waals surface area contributed by atoms with Crippen LogP contribution in [0.1, 0.15) is 11.7 Å². The van der Waals surface area contributed by atoms with Crippen molar-refractivity contribution in [2.45, 2.75) is 19.3 Å². The summed E-state index contributed by atoms with van der Waals surface area (Å²) in [5.41, 5.74) is 4.77. The van der Waals surface area contributed by atoms with E-state index in [9.17, 15) is 13.9 Å². The van der Waals surface area contributed by atoms with Gasteiger partial charge in [-0.3, -0.25) is 0 Å². The highest BCUT2D eigenvalue weighted by atomic mass is 32.1. The van der Waals surface area contributed by atoms with Crippen molar-refractivity contribution in [1.82, 2.24) is 14.5 Å². The molecule has 4 rings (SSSR count). The molecule has 0 saturated heterocycles. The predicted molar refractivity (Wildman–Crippen MR) is 98.9 cm³/mol. The van der Waals surface area contributed by atoms with Gasteiger partial charge in [0.2, 0.25) is 0 Å². The van der Waals surface area contributed by atoms with Crippen LogP contribution in [0.4, 0.5) is 8.78 Å². The number of hydrogen-bond acceptors (Lipinski definition) is 5. The molecule has 0 amide bonds. The number of nitrogens with zero attached hydrogens (tertiary/aromatic N) is 3. The highest BCUT2D eigenvalue weighted by molar-refractivity contribution is 7.07. The minimum atomic E-state index is -2.88. The zero-order valence-corrected chi connectivity index (χ0v) is 14.8. The van der Waals surface area contributed by atoms with Gasteiger partial charge < -0.3 is 14.4 Å². The standard InChI is InChI=1S/C19H15F2N3O2S/c20-19(21)26-13-7-5-12(6-8-13)17(25)9-24-16-4-2-1-3-14(16)23-18(24)15-10-27-11-22-15/h1-8,10-11,17,19,25H,9H2/t17-/m1/s1. The molecule has 0 unspecified atom stereocenters. The van der Waals surface area contributed by atoms with E-state index in [2.05, 4.69) is 14.7 Å². The van der Waals surface area contributed by atoms with Crippen molar-refractivity contribution in [3.63, 3.8) is 0 Å². The smallest absolute Gasteiger partial charge is 0.387 e. The van der Waals surface area contributed by atoms with Crippen LogP contribution in [0.15, 0.2) is 59.4 Å². The van der Waals surface area contributed by atoms with E-state index in [-0.39, 0.29) is 12.3 Å². The number of ether oxygens (including phenoxy) is 1. The zero-order valence-electron chi connectivity index (χ0n) is 14.0. The molecule has 0 aliphatic carbocycles. The topological polar surface area (TPSA) is 60.2 Å². The van der Waals surface area contributed by atoms with Crippen LogP contribution in [0.3, 0.4) is 0 Å². The molecule has 0 bridgehead atoms. The number of aromatic nitrogens is 3. The maximum absolute atomic E-state index is 12.3. The molecule has 0 radical (unpaired) electrons. The third kappa shape index (κ3) is 3.67. The van der Waals surface area contributed by atoms with E-state index >= 15 is 0 Å². The first-order chi connectivity index (χ1) is 13.1. The summed E-state index contributed by atoms with van der Waals surface area (Å²) < 4.78 is 30.8. The summed E-state index contributed by atoms with van der Waals surface area (Å²) in [6.07, 6.45) is -0.847. The maximum atomic E-state index is 12.3. The van der Waals surface area contributed by atoms with E-state index in [1.165, 1.54) is 23.5 Å². The lowest BCUT2D eigenvalue weighted by atomic mass is 10.1. The van der Waals surface area contributed by atoms with Gasteiger partial charge >= 0.3 is 6.61 Å². The van der Waals surface area contributed by atoms with Crippen LogP contribution in [0.25, 0.3) is 22.6 Å². The highest BCUT2D eigenvalue weighted by Crippen LogP contribution is 2.28. The van der Waals surface area contributed by atoms with Crippen molar-refractivity contribution in [2.24, 2.45) is 0 Å². The summed E-state index contributed by atoms with van der Waals surface area (Å²) >= 11 is 1.47. The predicted octanol–water partition coefficient (Wildman–Crippen LogP) is 4.49. The minimum Gasteiger partial charge on any atom is -0.435 e. The number of fused-ring (bicyclic) bond motifs is 1. The first-order valence-electron chi connectivity index (χ1n) is 8.18. The van der Waals surface area contributed by atoms with Crippen molar-refractivity contribution >= 4 is 22.4 Å². The Morgan fingerprint density at radius 1 is 1.11 bits per heavy atom. The third-order valence-corrected chi connectivity index (χ3v) is 4.75. The third-order valence-electron chi connectivity index (χ3n) is 4.16. The molecule has 0 saturated carbocycles. The van der Waals surface area contributed by atoms with Crippen LogP contribution in [-0.2, 0) is 6.54 Å². The van der Waals surface area contributed by atoms with Crippen molar-refractivity contribution in [2.75, 3.05) is 0 Å². The molecule has 2 heterocycles. The van der Waals surface area contributed by atoms with E-state index in [1.807, 2.05) is 34.2 Å². The van der Waals surface area contributed by atoms with Crippen LogP contribution in [-0.4, -0.2) is 26.3 Å². The number of thiazole rings is 1. The van der Waals surface area contributed by atoms with E-state index in [0.29, 0.717) is 11.4 Å². The summed E-state index contributed by atoms with van der Waals surface area (Å²) in [5.74, 6) is 0.728. The average Bonchev–Trinajstić information content (AvgIpc) is 3.30. The number of para-hydroxylation sites is 2. The number of imidazole rings is 1. The average molecular weight is 387 g/mol. The van der Waals surface area contributed by atoms with Gasteiger partial charge in [-0.15, -0.1) is 11.3 Å². The molecule has 0 aliphatic heterocycles.